The molecule has 3 aromatic heterocycles. The normalized spacial score (nSPS) is 13.0. The van der Waals surface area contributed by atoms with Crippen molar-refractivity contribution in [2.75, 3.05) is 0 Å². The summed E-state index contributed by atoms with van der Waals surface area (Å²) >= 11 is 6.33. The van der Waals surface area contributed by atoms with E-state index in [4.69, 9.17) is 11.6 Å². The van der Waals surface area contributed by atoms with Gasteiger partial charge in [0, 0.05) is 35.1 Å². The summed E-state index contributed by atoms with van der Waals surface area (Å²) in [5.74, 6) is -0.756. The Morgan fingerprint density at radius 3 is 2.70 bits per heavy atom. The third-order valence-corrected chi connectivity index (χ3v) is 4.89. The highest BCUT2D eigenvalue weighted by atomic mass is 35.5. The molecule has 4 rings (SSSR count). The molecule has 1 atom stereocenters. The Labute approximate surface area is 171 Å². The smallest absolute Gasteiger partial charge is 0.420 e. The summed E-state index contributed by atoms with van der Waals surface area (Å²) in [5.41, 5.74) is 0.164. The minimum Gasteiger partial charge on any atom is -0.503 e. The number of halogens is 4. The van der Waals surface area contributed by atoms with Crippen LogP contribution >= 0.6 is 11.6 Å². The number of hydrogen-bond donors (Lipinski definition) is 3. The monoisotopic (exact) mass is 435 g/mol. The van der Waals surface area contributed by atoms with Crippen molar-refractivity contribution in [2.24, 2.45) is 0 Å². The lowest BCUT2D eigenvalue weighted by Crippen LogP contribution is -2.25. The van der Waals surface area contributed by atoms with Crippen LogP contribution in [0, 0.1) is 0 Å². The molecule has 0 amide bonds. The van der Waals surface area contributed by atoms with Crippen LogP contribution in [-0.4, -0.2) is 30.9 Å². The maximum Gasteiger partial charge on any atom is 0.420 e. The molecule has 0 spiro atoms. The zero-order chi connectivity index (χ0) is 21.6. The van der Waals surface area contributed by atoms with Crippen molar-refractivity contribution < 1.29 is 23.4 Å². The van der Waals surface area contributed by atoms with E-state index >= 15 is 0 Å². The maximum absolute atomic E-state index is 13.1. The van der Waals surface area contributed by atoms with Gasteiger partial charge in [0.15, 0.2) is 11.9 Å². The van der Waals surface area contributed by atoms with E-state index in [1.807, 2.05) is 0 Å². The number of aliphatic hydroxyl groups excluding tert-OH is 1. The van der Waals surface area contributed by atoms with Gasteiger partial charge in [0.25, 0.3) is 0 Å². The average Bonchev–Trinajstić information content (AvgIpc) is 3.17. The number of alkyl halides is 3. The third-order valence-electron chi connectivity index (χ3n) is 4.60. The van der Waals surface area contributed by atoms with Crippen LogP contribution in [0.2, 0.25) is 5.02 Å². The summed E-state index contributed by atoms with van der Waals surface area (Å²) in [7, 11) is 0. The molecule has 0 aliphatic carbocycles. The van der Waals surface area contributed by atoms with Gasteiger partial charge in [0.2, 0.25) is 5.43 Å². The fraction of sp³-hybridized carbons (Fsp3) is 0.100. The van der Waals surface area contributed by atoms with Crippen LogP contribution in [0.4, 0.5) is 13.2 Å². The highest BCUT2D eigenvalue weighted by Gasteiger charge is 2.41. The minimum atomic E-state index is -5.01. The molecule has 1 unspecified atom stereocenters. The lowest BCUT2D eigenvalue weighted by atomic mass is 10.0. The van der Waals surface area contributed by atoms with E-state index in [1.165, 1.54) is 18.3 Å². The molecule has 0 bridgehead atoms. The molecule has 30 heavy (non-hydrogen) atoms. The number of aliphatic hydroxyl groups is 1. The van der Waals surface area contributed by atoms with Crippen molar-refractivity contribution in [3.63, 3.8) is 0 Å². The molecule has 0 fully saturated rings. The molecular weight excluding hydrogens is 423 g/mol. The summed E-state index contributed by atoms with van der Waals surface area (Å²) in [4.78, 5) is 18.9. The fourth-order valence-electron chi connectivity index (χ4n) is 3.23. The van der Waals surface area contributed by atoms with Gasteiger partial charge in [-0.25, -0.2) is 4.98 Å². The van der Waals surface area contributed by atoms with Crippen LogP contribution in [0.25, 0.3) is 27.8 Å². The number of hydrogen-bond acceptors (Lipinski definition) is 4. The molecule has 0 radical (unpaired) electrons. The number of rotatable bonds is 3. The lowest BCUT2D eigenvalue weighted by molar-refractivity contribution is -0.208. The van der Waals surface area contributed by atoms with E-state index in [0.29, 0.717) is 33.2 Å². The van der Waals surface area contributed by atoms with Crippen LogP contribution in [-0.2, 0) is 0 Å². The van der Waals surface area contributed by atoms with E-state index in [0.717, 1.165) is 10.8 Å². The number of nitrogens with one attached hydrogen (secondary N) is 1. The lowest BCUT2D eigenvalue weighted by Gasteiger charge is -2.21. The maximum atomic E-state index is 13.1. The number of aromatic amines is 1. The summed E-state index contributed by atoms with van der Waals surface area (Å²) < 4.78 is 40.3. The number of fused-ring (bicyclic) bond motifs is 1. The van der Waals surface area contributed by atoms with Crippen molar-refractivity contribution in [3.8, 4) is 22.6 Å². The molecule has 0 saturated carbocycles. The first-order valence-corrected chi connectivity index (χ1v) is 8.97. The van der Waals surface area contributed by atoms with E-state index in [-0.39, 0.29) is 5.69 Å². The summed E-state index contributed by atoms with van der Waals surface area (Å²) in [5, 5.41) is 20.6. The Hall–Kier alpha value is -3.30. The zero-order valence-corrected chi connectivity index (χ0v) is 15.7. The van der Waals surface area contributed by atoms with Crippen molar-refractivity contribution >= 4 is 22.6 Å². The number of H-pyrrole nitrogens is 1. The van der Waals surface area contributed by atoms with E-state index in [2.05, 4.69) is 9.97 Å². The first-order chi connectivity index (χ1) is 14.2. The second-order valence-corrected chi connectivity index (χ2v) is 6.94. The van der Waals surface area contributed by atoms with Gasteiger partial charge in [-0.1, -0.05) is 23.7 Å². The van der Waals surface area contributed by atoms with Crippen LogP contribution in [0.15, 0.2) is 59.8 Å². The standard InChI is InChI=1S/C20H13ClF3N3O3/c21-13-8-26-19-12(4-5-25-19)17(13)10-2-1-3-11(6-10)27-9-16(29)15(28)7-14(27)18(30)20(22,23)24/h1-9,18,29-30H,(H,25,26). The molecular formula is C20H13ClF3N3O3. The Morgan fingerprint density at radius 1 is 1.20 bits per heavy atom. The molecule has 1 aromatic carbocycles. The van der Waals surface area contributed by atoms with E-state index in [1.54, 1.807) is 24.4 Å². The third kappa shape index (κ3) is 3.42. The fourth-order valence-corrected chi connectivity index (χ4v) is 3.49. The van der Waals surface area contributed by atoms with E-state index in [9.17, 15) is 28.2 Å². The Bertz CT molecular complexity index is 1310. The van der Waals surface area contributed by atoms with Crippen LogP contribution < -0.4 is 5.43 Å². The van der Waals surface area contributed by atoms with Gasteiger partial charge >= 0.3 is 6.18 Å². The van der Waals surface area contributed by atoms with Crippen molar-refractivity contribution in [2.45, 2.75) is 12.3 Å². The molecule has 10 heteroatoms. The van der Waals surface area contributed by atoms with Crippen molar-refractivity contribution in [3.05, 3.63) is 75.9 Å². The van der Waals surface area contributed by atoms with Crippen LogP contribution in [0.3, 0.4) is 0 Å². The zero-order valence-electron chi connectivity index (χ0n) is 15.0. The van der Waals surface area contributed by atoms with Gasteiger partial charge in [-0.15, -0.1) is 0 Å². The average molecular weight is 436 g/mol. The van der Waals surface area contributed by atoms with Gasteiger partial charge in [-0.3, -0.25) is 4.79 Å². The Morgan fingerprint density at radius 2 is 1.97 bits per heavy atom. The Balaban J connectivity index is 1.94. The molecule has 4 aromatic rings. The predicted molar refractivity (Wildman–Crippen MR) is 105 cm³/mol. The molecule has 6 nitrogen and oxygen atoms in total. The molecule has 0 aliphatic rings. The summed E-state index contributed by atoms with van der Waals surface area (Å²) in [6.45, 7) is 0. The highest BCUT2D eigenvalue weighted by Crippen LogP contribution is 2.36. The van der Waals surface area contributed by atoms with Crippen molar-refractivity contribution in [1.29, 1.82) is 0 Å². The summed E-state index contributed by atoms with van der Waals surface area (Å²) in [6, 6.07) is 8.62. The van der Waals surface area contributed by atoms with Crippen LogP contribution in [0.1, 0.15) is 11.8 Å². The van der Waals surface area contributed by atoms with Gasteiger partial charge in [-0.05, 0) is 23.8 Å². The van der Waals surface area contributed by atoms with Gasteiger partial charge in [0.05, 0.1) is 16.9 Å². The molecule has 3 heterocycles. The molecule has 3 N–H and O–H groups in total. The topological polar surface area (TPSA) is 91.1 Å². The van der Waals surface area contributed by atoms with E-state index < -0.39 is 29.2 Å². The number of aromatic hydroxyl groups is 1. The number of nitrogens with zero attached hydrogens (tertiary/aromatic N) is 2. The highest BCUT2D eigenvalue weighted by molar-refractivity contribution is 6.34. The minimum absolute atomic E-state index is 0.178. The first kappa shape index (κ1) is 20.0. The first-order valence-electron chi connectivity index (χ1n) is 8.59. The van der Waals surface area contributed by atoms with Crippen molar-refractivity contribution in [1.82, 2.24) is 14.5 Å². The number of aromatic nitrogens is 3. The number of pyridine rings is 2. The van der Waals surface area contributed by atoms with Gasteiger partial charge < -0.3 is 19.8 Å². The molecule has 0 aliphatic heterocycles. The Kier molecular flexibility index (Phi) is 4.79. The number of benzene rings is 1. The van der Waals surface area contributed by atoms with Crippen LogP contribution in [0.5, 0.6) is 5.75 Å². The predicted octanol–water partition coefficient (Wildman–Crippen LogP) is 4.34. The quantitative estimate of drug-likeness (QED) is 0.446. The van der Waals surface area contributed by atoms with Gasteiger partial charge in [0.1, 0.15) is 5.65 Å². The second-order valence-electron chi connectivity index (χ2n) is 6.53. The summed E-state index contributed by atoms with van der Waals surface area (Å²) in [6.07, 6.45) is -3.96. The largest absolute Gasteiger partial charge is 0.503 e. The molecule has 154 valence electrons. The second kappa shape index (κ2) is 7.19. The molecule has 0 saturated heterocycles. The van der Waals surface area contributed by atoms with Gasteiger partial charge in [-0.2, -0.15) is 13.2 Å². The SMILES string of the molecule is O=c1cc(C(O)C(F)(F)F)n(-c2cccc(-c3c(Cl)cnc4[nH]ccc34)c2)cc1O.